The normalized spacial score (nSPS) is 18.4. The summed E-state index contributed by atoms with van der Waals surface area (Å²) in [6.07, 6.45) is 2.35. The third kappa shape index (κ3) is 8.66. The Bertz CT molecular complexity index is 1370. The summed E-state index contributed by atoms with van der Waals surface area (Å²) in [4.78, 5) is 54.5. The number of halogens is 2. The minimum Gasteiger partial charge on any atom is -0.378 e. The Morgan fingerprint density at radius 1 is 0.933 bits per heavy atom. The number of carbonyl (C=O) groups is 2. The van der Waals surface area contributed by atoms with Gasteiger partial charge in [-0.1, -0.05) is 5.57 Å². The second kappa shape index (κ2) is 15.0. The van der Waals surface area contributed by atoms with E-state index in [1.165, 1.54) is 6.20 Å². The minimum atomic E-state index is -2.87. The van der Waals surface area contributed by atoms with Gasteiger partial charge in [0, 0.05) is 77.9 Å². The molecule has 3 aliphatic rings. The number of ketones is 1. The first-order chi connectivity index (χ1) is 21.7. The number of alkyl halides is 2. The van der Waals surface area contributed by atoms with Crippen LogP contribution in [0.4, 0.5) is 26.6 Å². The van der Waals surface area contributed by atoms with Crippen LogP contribution in [-0.2, 0) is 14.3 Å². The number of hydrogen-bond acceptors (Lipinski definition) is 12. The van der Waals surface area contributed by atoms with E-state index in [0.29, 0.717) is 70.3 Å². The quantitative estimate of drug-likeness (QED) is 0.385. The second-order valence-electron chi connectivity index (χ2n) is 12.0. The number of piperidine rings is 1. The highest BCUT2D eigenvalue weighted by molar-refractivity contribution is 5.93. The molecule has 15 heteroatoms. The summed E-state index contributed by atoms with van der Waals surface area (Å²) in [6.45, 7) is 11.3. The molecule has 5 heterocycles. The molecule has 3 aliphatic heterocycles. The number of allylic oxidation sites excluding steroid dienone is 2. The van der Waals surface area contributed by atoms with Crippen LogP contribution in [0, 0.1) is 5.92 Å². The molecule has 3 saturated heterocycles. The lowest BCUT2D eigenvalue weighted by Crippen LogP contribution is -2.49. The number of anilines is 3. The van der Waals surface area contributed by atoms with Crippen molar-refractivity contribution < 1.29 is 23.1 Å². The van der Waals surface area contributed by atoms with Gasteiger partial charge in [0.25, 0.3) is 6.43 Å². The van der Waals surface area contributed by atoms with Crippen LogP contribution in [0.5, 0.6) is 0 Å². The molecule has 0 radical (unpaired) electrons. The van der Waals surface area contributed by atoms with Crippen molar-refractivity contribution >= 4 is 29.5 Å². The minimum absolute atomic E-state index is 0.000244. The van der Waals surface area contributed by atoms with E-state index in [1.54, 1.807) is 6.08 Å². The Balaban J connectivity index is 1.19. The second-order valence-corrected chi connectivity index (χ2v) is 12.0. The van der Waals surface area contributed by atoms with Crippen LogP contribution in [-0.4, -0.2) is 119 Å². The Labute approximate surface area is 261 Å². The number of nitrogens with two attached hydrogens (primary N) is 1. The van der Waals surface area contributed by atoms with Crippen molar-refractivity contribution in [2.75, 3.05) is 87.7 Å². The Hall–Kier alpha value is -3.85. The maximum absolute atomic E-state index is 13.9. The maximum atomic E-state index is 13.9. The van der Waals surface area contributed by atoms with E-state index in [9.17, 15) is 18.4 Å². The lowest BCUT2D eigenvalue weighted by Gasteiger charge is -2.39. The van der Waals surface area contributed by atoms with Crippen molar-refractivity contribution in [1.29, 1.82) is 0 Å². The summed E-state index contributed by atoms with van der Waals surface area (Å²) in [5.74, 6) is 1.21. The van der Waals surface area contributed by atoms with Crippen molar-refractivity contribution in [2.24, 2.45) is 5.92 Å². The van der Waals surface area contributed by atoms with Crippen LogP contribution < -0.4 is 15.5 Å². The number of morpholine rings is 1. The largest absolute Gasteiger partial charge is 0.378 e. The molecule has 45 heavy (non-hydrogen) atoms. The molecular formula is C30H42F2N10O3. The lowest BCUT2D eigenvalue weighted by molar-refractivity contribution is -0.134. The van der Waals surface area contributed by atoms with Gasteiger partial charge in [-0.05, 0) is 38.7 Å². The van der Waals surface area contributed by atoms with E-state index >= 15 is 0 Å². The van der Waals surface area contributed by atoms with Crippen molar-refractivity contribution in [2.45, 2.75) is 46.0 Å². The van der Waals surface area contributed by atoms with E-state index in [4.69, 9.17) is 15.5 Å². The summed E-state index contributed by atoms with van der Waals surface area (Å²) >= 11 is 0. The standard InChI is InChI=1S/C30H42F2N10O3/c1-20(2)17-22(43)3-4-24(44)40-7-5-21(6-8-40)19-39-9-11-41(12-10-39)29-36-27(23-18-34-28(33)35-25(23)26(31)32)37-30(38-29)42-13-15-45-16-14-42/h17-18,21,26H,3-16,19H2,1-2H3,(H2,33,34,35). The Kier molecular flexibility index (Phi) is 10.8. The van der Waals surface area contributed by atoms with Crippen molar-refractivity contribution in [3.8, 4) is 11.4 Å². The van der Waals surface area contributed by atoms with Gasteiger partial charge >= 0.3 is 0 Å². The van der Waals surface area contributed by atoms with Crippen molar-refractivity contribution in [1.82, 2.24) is 34.7 Å². The topological polar surface area (TPSA) is 147 Å². The van der Waals surface area contributed by atoms with Crippen molar-refractivity contribution in [3.63, 3.8) is 0 Å². The van der Waals surface area contributed by atoms with Crippen molar-refractivity contribution in [3.05, 3.63) is 23.5 Å². The third-order valence-electron chi connectivity index (χ3n) is 8.36. The lowest BCUT2D eigenvalue weighted by atomic mass is 9.95. The van der Waals surface area contributed by atoms with E-state index < -0.39 is 12.1 Å². The van der Waals surface area contributed by atoms with Gasteiger partial charge in [-0.25, -0.2) is 18.7 Å². The van der Waals surface area contributed by atoms with Gasteiger partial charge < -0.3 is 25.2 Å². The van der Waals surface area contributed by atoms with Crippen LogP contribution in [0.3, 0.4) is 0 Å². The van der Waals surface area contributed by atoms with E-state index in [2.05, 4.69) is 29.7 Å². The highest BCUT2D eigenvalue weighted by atomic mass is 19.3. The molecule has 0 atom stereocenters. The fourth-order valence-electron chi connectivity index (χ4n) is 5.91. The number of carbonyl (C=O) groups excluding carboxylic acids is 2. The molecule has 2 aromatic rings. The Morgan fingerprint density at radius 3 is 2.20 bits per heavy atom. The van der Waals surface area contributed by atoms with Crippen LogP contribution in [0.2, 0.25) is 0 Å². The number of nitrogen functional groups attached to an aromatic ring is 1. The summed E-state index contributed by atoms with van der Waals surface area (Å²) in [5, 5.41) is 0. The van der Waals surface area contributed by atoms with Gasteiger partial charge in [-0.3, -0.25) is 14.5 Å². The summed E-state index contributed by atoms with van der Waals surface area (Å²) in [7, 11) is 0. The molecule has 0 aromatic carbocycles. The molecule has 2 aromatic heterocycles. The SMILES string of the molecule is CC(C)=CC(=O)CCC(=O)N1CCC(CN2CCN(c3nc(-c4cnc(N)nc4C(F)F)nc(N4CCOCC4)n3)CC2)CC1. The zero-order chi connectivity index (χ0) is 31.9. The van der Waals surface area contributed by atoms with Crippen LogP contribution in [0.1, 0.15) is 51.7 Å². The van der Waals surface area contributed by atoms with E-state index in [-0.39, 0.29) is 41.9 Å². The summed E-state index contributed by atoms with van der Waals surface area (Å²) in [6, 6.07) is 0. The Morgan fingerprint density at radius 2 is 1.58 bits per heavy atom. The van der Waals surface area contributed by atoms with Gasteiger partial charge in [0.2, 0.25) is 23.8 Å². The molecule has 1 amide bonds. The molecule has 0 spiro atoms. The summed E-state index contributed by atoms with van der Waals surface area (Å²) < 4.78 is 33.3. The molecule has 0 saturated carbocycles. The zero-order valence-corrected chi connectivity index (χ0v) is 26.0. The molecular weight excluding hydrogens is 586 g/mol. The van der Waals surface area contributed by atoms with Crippen LogP contribution in [0.25, 0.3) is 11.4 Å². The first-order valence-electron chi connectivity index (χ1n) is 15.6. The molecule has 0 bridgehead atoms. The number of rotatable bonds is 10. The average Bonchev–Trinajstić information content (AvgIpc) is 3.04. The van der Waals surface area contributed by atoms with Crippen LogP contribution in [0.15, 0.2) is 17.8 Å². The fourth-order valence-corrected chi connectivity index (χ4v) is 5.91. The molecule has 3 fully saturated rings. The molecule has 0 aliphatic carbocycles. The van der Waals surface area contributed by atoms with Gasteiger partial charge in [-0.2, -0.15) is 15.0 Å². The van der Waals surface area contributed by atoms with Crippen LogP contribution >= 0.6 is 0 Å². The number of piperazine rings is 1. The smallest absolute Gasteiger partial charge is 0.281 e. The van der Waals surface area contributed by atoms with Gasteiger partial charge in [0.1, 0.15) is 5.69 Å². The number of nitrogens with zero attached hydrogens (tertiary/aromatic N) is 9. The number of amides is 1. The molecule has 244 valence electrons. The number of hydrogen-bond donors (Lipinski definition) is 1. The zero-order valence-electron chi connectivity index (χ0n) is 26.0. The number of aromatic nitrogens is 5. The van der Waals surface area contributed by atoms with Gasteiger partial charge in [0.15, 0.2) is 11.6 Å². The first kappa shape index (κ1) is 32.5. The third-order valence-corrected chi connectivity index (χ3v) is 8.36. The molecule has 2 N–H and O–H groups in total. The highest BCUT2D eigenvalue weighted by Gasteiger charge is 2.28. The first-order valence-corrected chi connectivity index (χ1v) is 15.6. The fraction of sp³-hybridized carbons (Fsp3) is 0.633. The summed E-state index contributed by atoms with van der Waals surface area (Å²) in [5.41, 5.74) is 6.06. The maximum Gasteiger partial charge on any atom is 0.281 e. The van der Waals surface area contributed by atoms with E-state index in [0.717, 1.165) is 38.0 Å². The highest BCUT2D eigenvalue weighted by Crippen LogP contribution is 2.30. The van der Waals surface area contributed by atoms with Gasteiger partial charge in [0.05, 0.1) is 18.8 Å². The molecule has 0 unspecified atom stereocenters. The number of likely N-dealkylation sites (tertiary alicyclic amines) is 1. The van der Waals surface area contributed by atoms with Gasteiger partial charge in [-0.15, -0.1) is 0 Å². The van der Waals surface area contributed by atoms with E-state index in [1.807, 2.05) is 23.6 Å². The average molecular weight is 629 g/mol. The molecule has 13 nitrogen and oxygen atoms in total. The number of ether oxygens (including phenoxy) is 1. The predicted octanol–water partition coefficient (Wildman–Crippen LogP) is 2.36. The predicted molar refractivity (Wildman–Crippen MR) is 165 cm³/mol. The molecule has 5 rings (SSSR count). The monoisotopic (exact) mass is 628 g/mol.